The summed E-state index contributed by atoms with van der Waals surface area (Å²) in [5, 5.41) is 0. The van der Waals surface area contributed by atoms with Crippen molar-refractivity contribution in [1.82, 2.24) is 0 Å². The van der Waals surface area contributed by atoms with Crippen LogP contribution in [0.5, 0.6) is 17.2 Å². The maximum Gasteiger partial charge on any atom is 0.203 e. The molecule has 1 aromatic carbocycles. The smallest absolute Gasteiger partial charge is 0.203 e. The molecule has 1 aromatic rings. The number of ether oxygens (including phenoxy) is 3. The molecule has 0 heterocycles. The molecule has 19 heavy (non-hydrogen) atoms. The summed E-state index contributed by atoms with van der Waals surface area (Å²) in [4.78, 5) is 0. The third-order valence-electron chi connectivity index (χ3n) is 2.56. The lowest BCUT2D eigenvalue weighted by Crippen LogP contribution is -2.03. The van der Waals surface area contributed by atoms with Gasteiger partial charge >= 0.3 is 0 Å². The summed E-state index contributed by atoms with van der Waals surface area (Å²) in [5.74, 6) is 4.63. The Bertz CT molecular complexity index is 360. The Kier molecular flexibility index (Phi) is 7.91. The molecule has 0 N–H and O–H groups in total. The van der Waals surface area contributed by atoms with Crippen LogP contribution in [0, 0.1) is 0 Å². The molecule has 3 nitrogen and oxygen atoms in total. The molecule has 0 amide bonds. The SMILES string of the molecule is CCSCCCOc1c(OC)cc(CCl)cc1OC. The molecule has 0 aliphatic rings. The largest absolute Gasteiger partial charge is 0.493 e. The highest BCUT2D eigenvalue weighted by Gasteiger charge is 2.13. The molecule has 0 unspecified atom stereocenters. The Hall–Kier alpha value is -0.740. The molecule has 1 rings (SSSR count). The van der Waals surface area contributed by atoms with Gasteiger partial charge in [0.2, 0.25) is 5.75 Å². The molecular formula is C14H21ClO3S. The van der Waals surface area contributed by atoms with E-state index in [0.717, 1.165) is 23.5 Å². The molecule has 0 saturated carbocycles. The molecule has 0 bridgehead atoms. The molecule has 0 fully saturated rings. The van der Waals surface area contributed by atoms with E-state index in [2.05, 4.69) is 6.92 Å². The van der Waals surface area contributed by atoms with Crippen LogP contribution in [-0.4, -0.2) is 32.3 Å². The Morgan fingerprint density at radius 1 is 1.16 bits per heavy atom. The van der Waals surface area contributed by atoms with Gasteiger partial charge in [0.1, 0.15) is 0 Å². The Balaban J connectivity index is 2.73. The maximum atomic E-state index is 5.84. The second-order valence-corrected chi connectivity index (χ2v) is 5.52. The van der Waals surface area contributed by atoms with Crippen molar-refractivity contribution in [3.05, 3.63) is 17.7 Å². The minimum Gasteiger partial charge on any atom is -0.493 e. The van der Waals surface area contributed by atoms with Gasteiger partial charge in [0.15, 0.2) is 11.5 Å². The lowest BCUT2D eigenvalue weighted by atomic mass is 10.2. The van der Waals surface area contributed by atoms with Crippen LogP contribution in [0.3, 0.4) is 0 Å². The fourth-order valence-electron chi connectivity index (χ4n) is 1.63. The van der Waals surface area contributed by atoms with Gasteiger partial charge in [0.25, 0.3) is 0 Å². The van der Waals surface area contributed by atoms with Gasteiger partial charge in [-0.1, -0.05) is 6.92 Å². The molecule has 5 heteroatoms. The molecule has 0 saturated heterocycles. The Labute approximate surface area is 124 Å². The summed E-state index contributed by atoms with van der Waals surface area (Å²) in [6, 6.07) is 3.76. The van der Waals surface area contributed by atoms with Crippen LogP contribution in [0.4, 0.5) is 0 Å². The lowest BCUT2D eigenvalue weighted by molar-refractivity contribution is 0.275. The molecular weight excluding hydrogens is 284 g/mol. The van der Waals surface area contributed by atoms with Crippen molar-refractivity contribution in [2.45, 2.75) is 19.2 Å². The van der Waals surface area contributed by atoms with Crippen molar-refractivity contribution in [2.24, 2.45) is 0 Å². The number of methoxy groups -OCH3 is 2. The van der Waals surface area contributed by atoms with Gasteiger partial charge in [-0.2, -0.15) is 11.8 Å². The maximum absolute atomic E-state index is 5.84. The highest BCUT2D eigenvalue weighted by Crippen LogP contribution is 2.39. The fourth-order valence-corrected chi connectivity index (χ4v) is 2.40. The zero-order valence-electron chi connectivity index (χ0n) is 11.7. The van der Waals surface area contributed by atoms with E-state index in [1.165, 1.54) is 0 Å². The molecule has 0 radical (unpaired) electrons. The summed E-state index contributed by atoms with van der Waals surface area (Å²) < 4.78 is 16.5. The van der Waals surface area contributed by atoms with Gasteiger partial charge in [-0.15, -0.1) is 11.6 Å². The van der Waals surface area contributed by atoms with E-state index in [1.54, 1.807) is 14.2 Å². The summed E-state index contributed by atoms with van der Waals surface area (Å²) in [6.45, 7) is 2.81. The van der Waals surface area contributed by atoms with E-state index in [0.29, 0.717) is 29.7 Å². The molecule has 0 aromatic heterocycles. The van der Waals surface area contributed by atoms with Gasteiger partial charge in [0.05, 0.1) is 20.8 Å². The van der Waals surface area contributed by atoms with Gasteiger partial charge in [-0.3, -0.25) is 0 Å². The van der Waals surface area contributed by atoms with Crippen LogP contribution in [0.1, 0.15) is 18.9 Å². The normalized spacial score (nSPS) is 10.3. The predicted molar refractivity (Wildman–Crippen MR) is 82.2 cm³/mol. The van der Waals surface area contributed by atoms with E-state index in [-0.39, 0.29) is 0 Å². The number of benzene rings is 1. The van der Waals surface area contributed by atoms with Crippen LogP contribution in [0.15, 0.2) is 12.1 Å². The first-order valence-corrected chi connectivity index (χ1v) is 7.97. The molecule has 0 spiro atoms. The van der Waals surface area contributed by atoms with Crippen LogP contribution in [0.25, 0.3) is 0 Å². The molecule has 108 valence electrons. The van der Waals surface area contributed by atoms with E-state index < -0.39 is 0 Å². The molecule has 0 aliphatic heterocycles. The van der Waals surface area contributed by atoms with Crippen LogP contribution < -0.4 is 14.2 Å². The third kappa shape index (κ3) is 5.03. The standard InChI is InChI=1S/C14H21ClO3S/c1-4-19-7-5-6-18-14-12(16-2)8-11(10-15)9-13(14)17-3/h8-9H,4-7,10H2,1-3H3. The van der Waals surface area contributed by atoms with E-state index in [1.807, 2.05) is 23.9 Å². The number of hydrogen-bond acceptors (Lipinski definition) is 4. The topological polar surface area (TPSA) is 27.7 Å². The second-order valence-electron chi connectivity index (χ2n) is 3.86. The van der Waals surface area contributed by atoms with Gasteiger partial charge in [0, 0.05) is 5.88 Å². The molecule has 0 aliphatic carbocycles. The van der Waals surface area contributed by atoms with E-state index in [4.69, 9.17) is 25.8 Å². The first-order chi connectivity index (χ1) is 9.26. The lowest BCUT2D eigenvalue weighted by Gasteiger charge is -2.15. The Morgan fingerprint density at radius 2 is 1.79 bits per heavy atom. The molecule has 0 atom stereocenters. The predicted octanol–water partition coefficient (Wildman–Crippen LogP) is 3.96. The quantitative estimate of drug-likeness (QED) is 0.510. The monoisotopic (exact) mass is 304 g/mol. The minimum atomic E-state index is 0.417. The van der Waals surface area contributed by atoms with Crippen molar-refractivity contribution in [3.8, 4) is 17.2 Å². The third-order valence-corrected chi connectivity index (χ3v) is 3.85. The zero-order valence-corrected chi connectivity index (χ0v) is 13.3. The number of rotatable bonds is 9. The van der Waals surface area contributed by atoms with Gasteiger partial charge in [-0.25, -0.2) is 0 Å². The summed E-state index contributed by atoms with van der Waals surface area (Å²) in [5.41, 5.74) is 0.948. The van der Waals surface area contributed by atoms with Crippen LogP contribution in [0.2, 0.25) is 0 Å². The van der Waals surface area contributed by atoms with Crippen molar-refractivity contribution < 1.29 is 14.2 Å². The average molecular weight is 305 g/mol. The van der Waals surface area contributed by atoms with Crippen LogP contribution in [-0.2, 0) is 5.88 Å². The average Bonchev–Trinajstić information content (AvgIpc) is 2.46. The number of halogens is 1. The highest BCUT2D eigenvalue weighted by molar-refractivity contribution is 7.99. The van der Waals surface area contributed by atoms with Gasteiger partial charge in [-0.05, 0) is 35.6 Å². The zero-order chi connectivity index (χ0) is 14.1. The first-order valence-electron chi connectivity index (χ1n) is 6.28. The minimum absolute atomic E-state index is 0.417. The van der Waals surface area contributed by atoms with Crippen molar-refractivity contribution >= 4 is 23.4 Å². The van der Waals surface area contributed by atoms with E-state index in [9.17, 15) is 0 Å². The van der Waals surface area contributed by atoms with Crippen LogP contribution >= 0.6 is 23.4 Å². The Morgan fingerprint density at radius 3 is 2.26 bits per heavy atom. The highest BCUT2D eigenvalue weighted by atomic mass is 35.5. The fraction of sp³-hybridized carbons (Fsp3) is 0.571. The van der Waals surface area contributed by atoms with Crippen molar-refractivity contribution in [3.63, 3.8) is 0 Å². The van der Waals surface area contributed by atoms with Crippen molar-refractivity contribution in [2.75, 3.05) is 32.3 Å². The second kappa shape index (κ2) is 9.21. The number of hydrogen-bond donors (Lipinski definition) is 0. The number of alkyl halides is 1. The number of thioether (sulfide) groups is 1. The summed E-state index contributed by atoms with van der Waals surface area (Å²) >= 11 is 7.75. The van der Waals surface area contributed by atoms with Gasteiger partial charge < -0.3 is 14.2 Å². The van der Waals surface area contributed by atoms with E-state index >= 15 is 0 Å². The summed E-state index contributed by atoms with van der Waals surface area (Å²) in [7, 11) is 3.24. The first kappa shape index (κ1) is 16.3. The van der Waals surface area contributed by atoms with Crippen molar-refractivity contribution in [1.29, 1.82) is 0 Å². The summed E-state index contributed by atoms with van der Waals surface area (Å²) in [6.07, 6.45) is 1.00.